The van der Waals surface area contributed by atoms with Crippen LogP contribution in [-0.2, 0) is 4.79 Å². The molecule has 0 aromatic heterocycles. The standard InChI is InChI=1S/C17H20N4O/c18-21-20-15-3-1-14(2-4-15)19-16(22)17-8-11-5-12(9-17)7-13(6-11)10-17/h1-4,11-13H,5-10H2,(H,19,22). The van der Waals surface area contributed by atoms with Gasteiger partial charge in [-0.2, -0.15) is 0 Å². The lowest BCUT2D eigenvalue weighted by molar-refractivity contribution is -0.140. The Morgan fingerprint density at radius 2 is 1.64 bits per heavy atom. The number of anilines is 1. The average molecular weight is 296 g/mol. The minimum absolute atomic E-state index is 0.127. The Hall–Kier alpha value is -2.00. The number of hydrogen-bond donors (Lipinski definition) is 1. The van der Waals surface area contributed by atoms with Crippen molar-refractivity contribution in [2.75, 3.05) is 5.32 Å². The number of nitrogens with one attached hydrogen (secondary N) is 1. The summed E-state index contributed by atoms with van der Waals surface area (Å²) in [6.07, 6.45) is 7.24. The molecule has 1 aromatic carbocycles. The van der Waals surface area contributed by atoms with Gasteiger partial charge in [0.25, 0.3) is 0 Å². The third-order valence-corrected chi connectivity index (χ3v) is 5.81. The molecule has 4 saturated carbocycles. The molecule has 5 nitrogen and oxygen atoms in total. The predicted octanol–water partition coefficient (Wildman–Crippen LogP) is 4.78. The summed E-state index contributed by atoms with van der Waals surface area (Å²) in [5.74, 6) is 2.50. The van der Waals surface area contributed by atoms with Gasteiger partial charge >= 0.3 is 0 Å². The number of carbonyl (C=O) groups is 1. The van der Waals surface area contributed by atoms with E-state index >= 15 is 0 Å². The SMILES string of the molecule is [N-]=[N+]=Nc1ccc(NC(=O)C23CC4CC(CC(C4)C2)C3)cc1. The first-order chi connectivity index (χ1) is 10.7. The summed E-state index contributed by atoms with van der Waals surface area (Å²) in [5.41, 5.74) is 9.65. The van der Waals surface area contributed by atoms with Crippen molar-refractivity contribution in [1.29, 1.82) is 0 Å². The second kappa shape index (κ2) is 5.03. The molecule has 22 heavy (non-hydrogen) atoms. The Kier molecular flexibility index (Phi) is 3.12. The zero-order chi connectivity index (χ0) is 15.2. The van der Waals surface area contributed by atoms with Crippen molar-refractivity contribution in [2.45, 2.75) is 38.5 Å². The van der Waals surface area contributed by atoms with Crippen LogP contribution in [0.15, 0.2) is 29.4 Å². The van der Waals surface area contributed by atoms with Crippen molar-refractivity contribution in [3.05, 3.63) is 34.7 Å². The van der Waals surface area contributed by atoms with E-state index in [1.54, 1.807) is 12.1 Å². The van der Waals surface area contributed by atoms with Crippen molar-refractivity contribution in [3.63, 3.8) is 0 Å². The maximum absolute atomic E-state index is 12.9. The lowest BCUT2D eigenvalue weighted by Crippen LogP contribution is -2.51. The van der Waals surface area contributed by atoms with Crippen LogP contribution < -0.4 is 5.32 Å². The molecule has 4 aliphatic rings. The topological polar surface area (TPSA) is 77.9 Å². The zero-order valence-electron chi connectivity index (χ0n) is 12.5. The van der Waals surface area contributed by atoms with E-state index in [1.165, 1.54) is 19.3 Å². The van der Waals surface area contributed by atoms with Gasteiger partial charge in [0.2, 0.25) is 5.91 Å². The van der Waals surface area contributed by atoms with Crippen LogP contribution >= 0.6 is 0 Å². The number of nitrogens with zero attached hydrogens (tertiary/aromatic N) is 3. The Morgan fingerprint density at radius 1 is 1.09 bits per heavy atom. The van der Waals surface area contributed by atoms with Crippen molar-refractivity contribution in [3.8, 4) is 0 Å². The molecule has 0 radical (unpaired) electrons. The molecular weight excluding hydrogens is 276 g/mol. The van der Waals surface area contributed by atoms with Gasteiger partial charge in [0.05, 0.1) is 5.41 Å². The molecule has 1 N–H and O–H groups in total. The predicted molar refractivity (Wildman–Crippen MR) is 84.5 cm³/mol. The van der Waals surface area contributed by atoms with Crippen molar-refractivity contribution < 1.29 is 4.79 Å². The molecule has 0 aliphatic heterocycles. The lowest BCUT2D eigenvalue weighted by atomic mass is 9.49. The van der Waals surface area contributed by atoms with Gasteiger partial charge in [0, 0.05) is 16.3 Å². The third-order valence-electron chi connectivity index (χ3n) is 5.81. The van der Waals surface area contributed by atoms with Gasteiger partial charge in [0.15, 0.2) is 0 Å². The summed E-state index contributed by atoms with van der Waals surface area (Å²) in [6.45, 7) is 0. The minimum atomic E-state index is -0.127. The van der Waals surface area contributed by atoms with E-state index in [-0.39, 0.29) is 11.3 Å². The Labute approximate surface area is 129 Å². The Morgan fingerprint density at radius 3 is 2.14 bits per heavy atom. The molecule has 5 heteroatoms. The van der Waals surface area contributed by atoms with Crippen LogP contribution in [0.25, 0.3) is 10.4 Å². The first kappa shape index (κ1) is 13.6. The summed E-state index contributed by atoms with van der Waals surface area (Å²) in [7, 11) is 0. The van der Waals surface area contributed by atoms with Crippen molar-refractivity contribution in [1.82, 2.24) is 0 Å². The van der Waals surface area contributed by atoms with Gasteiger partial charge < -0.3 is 5.32 Å². The Bertz CT molecular complexity index is 610. The number of benzene rings is 1. The van der Waals surface area contributed by atoms with Gasteiger partial charge in [-0.3, -0.25) is 4.79 Å². The largest absolute Gasteiger partial charge is 0.326 e. The van der Waals surface area contributed by atoms with E-state index in [1.807, 2.05) is 12.1 Å². The van der Waals surface area contributed by atoms with Gasteiger partial charge in [-0.1, -0.05) is 17.2 Å². The molecule has 0 saturated heterocycles. The maximum atomic E-state index is 12.9. The van der Waals surface area contributed by atoms with Crippen LogP contribution in [-0.4, -0.2) is 5.91 Å². The summed E-state index contributed by atoms with van der Waals surface area (Å²) in [4.78, 5) is 15.6. The van der Waals surface area contributed by atoms with Crippen LogP contribution in [0.1, 0.15) is 38.5 Å². The molecule has 0 spiro atoms. The molecule has 4 bridgehead atoms. The fourth-order valence-corrected chi connectivity index (χ4v) is 5.32. The smallest absolute Gasteiger partial charge is 0.230 e. The van der Waals surface area contributed by atoms with E-state index in [4.69, 9.17) is 5.53 Å². The highest BCUT2D eigenvalue weighted by Gasteiger charge is 2.54. The minimum Gasteiger partial charge on any atom is -0.326 e. The first-order valence-corrected chi connectivity index (χ1v) is 8.13. The summed E-state index contributed by atoms with van der Waals surface area (Å²) in [6, 6.07) is 7.08. The summed E-state index contributed by atoms with van der Waals surface area (Å²) < 4.78 is 0. The first-order valence-electron chi connectivity index (χ1n) is 8.13. The number of azide groups is 1. The van der Waals surface area contributed by atoms with E-state index in [0.717, 1.165) is 42.7 Å². The molecule has 0 heterocycles. The van der Waals surface area contributed by atoms with Crippen LogP contribution in [0.4, 0.5) is 11.4 Å². The molecule has 0 unspecified atom stereocenters. The molecule has 4 fully saturated rings. The molecule has 1 amide bonds. The fourth-order valence-electron chi connectivity index (χ4n) is 5.32. The zero-order valence-corrected chi connectivity index (χ0v) is 12.5. The number of rotatable bonds is 3. The van der Waals surface area contributed by atoms with Crippen LogP contribution in [0, 0.1) is 23.2 Å². The fraction of sp³-hybridized carbons (Fsp3) is 0.588. The lowest BCUT2D eigenvalue weighted by Gasteiger charge is -2.55. The molecule has 4 aliphatic carbocycles. The van der Waals surface area contributed by atoms with Crippen LogP contribution in [0.3, 0.4) is 0 Å². The van der Waals surface area contributed by atoms with Crippen molar-refractivity contribution >= 4 is 17.3 Å². The van der Waals surface area contributed by atoms with E-state index in [0.29, 0.717) is 5.69 Å². The van der Waals surface area contributed by atoms with Crippen LogP contribution in [0.2, 0.25) is 0 Å². The van der Waals surface area contributed by atoms with Crippen molar-refractivity contribution in [2.24, 2.45) is 28.3 Å². The number of hydrogen-bond acceptors (Lipinski definition) is 2. The quantitative estimate of drug-likeness (QED) is 0.486. The van der Waals surface area contributed by atoms with Gasteiger partial charge in [-0.15, -0.1) is 0 Å². The molecule has 114 valence electrons. The summed E-state index contributed by atoms with van der Waals surface area (Å²) in [5, 5.41) is 6.64. The summed E-state index contributed by atoms with van der Waals surface area (Å²) >= 11 is 0. The molecule has 1 aromatic rings. The molecule has 5 rings (SSSR count). The number of carbonyl (C=O) groups excluding carboxylic acids is 1. The maximum Gasteiger partial charge on any atom is 0.230 e. The third kappa shape index (κ3) is 2.26. The van der Waals surface area contributed by atoms with Gasteiger partial charge in [-0.05, 0) is 73.9 Å². The highest BCUT2D eigenvalue weighted by molar-refractivity contribution is 5.95. The molecule has 0 atom stereocenters. The number of amides is 1. The second-order valence-electron chi connectivity index (χ2n) is 7.39. The average Bonchev–Trinajstić information content (AvgIpc) is 2.48. The van der Waals surface area contributed by atoms with E-state index < -0.39 is 0 Å². The Balaban J connectivity index is 1.51. The molecular formula is C17H20N4O. The van der Waals surface area contributed by atoms with Gasteiger partial charge in [-0.25, -0.2) is 0 Å². The van der Waals surface area contributed by atoms with Gasteiger partial charge in [0.1, 0.15) is 0 Å². The second-order valence-corrected chi connectivity index (χ2v) is 7.39. The highest BCUT2D eigenvalue weighted by Crippen LogP contribution is 2.60. The van der Waals surface area contributed by atoms with E-state index in [9.17, 15) is 4.79 Å². The highest BCUT2D eigenvalue weighted by atomic mass is 16.2. The van der Waals surface area contributed by atoms with Crippen LogP contribution in [0.5, 0.6) is 0 Å². The monoisotopic (exact) mass is 296 g/mol. The van der Waals surface area contributed by atoms with E-state index in [2.05, 4.69) is 15.3 Å². The normalized spacial score (nSPS) is 35.0.